The molecule has 4 rings (SSSR count). The number of carbonyl (C=O) groups is 2. The van der Waals surface area contributed by atoms with E-state index in [1.807, 2.05) is 0 Å². The Morgan fingerprint density at radius 1 is 0.976 bits per heavy atom. The first-order chi connectivity index (χ1) is 19.7. The Kier molecular flexibility index (Phi) is 8.59. The van der Waals surface area contributed by atoms with Gasteiger partial charge in [-0.1, -0.05) is 38.5 Å². The first kappa shape index (κ1) is 31.3. The van der Waals surface area contributed by atoms with Crippen molar-refractivity contribution in [2.24, 2.45) is 0 Å². The zero-order chi connectivity index (χ0) is 30.9. The molecular weight excluding hydrogens is 572 g/mol. The van der Waals surface area contributed by atoms with Gasteiger partial charge in [0.15, 0.2) is 11.5 Å². The van der Waals surface area contributed by atoms with Crippen LogP contribution in [0.15, 0.2) is 36.4 Å². The van der Waals surface area contributed by atoms with Gasteiger partial charge in [-0.15, -0.1) is 0 Å². The number of fused-ring (bicyclic) bond motifs is 1. The molecule has 2 aliphatic rings. The van der Waals surface area contributed by atoms with Crippen LogP contribution < -0.4 is 20.1 Å². The van der Waals surface area contributed by atoms with Crippen LogP contribution in [0, 0.1) is 0 Å². The number of aliphatic hydroxyl groups is 1. The Bertz CT molecular complexity index is 1320. The first-order valence-electron chi connectivity index (χ1n) is 13.5. The molecule has 8 nitrogen and oxygen atoms in total. The fourth-order valence-corrected chi connectivity index (χ4v) is 5.20. The maximum atomic E-state index is 13.4. The summed E-state index contributed by atoms with van der Waals surface area (Å²) in [6.45, 7) is 3.92. The van der Waals surface area contributed by atoms with Crippen molar-refractivity contribution in [3.63, 3.8) is 0 Å². The molecule has 1 unspecified atom stereocenters. The summed E-state index contributed by atoms with van der Waals surface area (Å²) < 4.78 is 90.8. The monoisotopic (exact) mass is 603 g/mol. The van der Waals surface area contributed by atoms with Crippen LogP contribution in [0.25, 0.3) is 0 Å². The zero-order valence-electron chi connectivity index (χ0n) is 22.9. The number of unbranched alkanes of at least 4 members (excludes halogenated alkanes) is 1. The third-order valence-corrected chi connectivity index (χ3v) is 7.56. The predicted octanol–water partition coefficient (Wildman–Crippen LogP) is 5.73. The summed E-state index contributed by atoms with van der Waals surface area (Å²) in [6.07, 6.45) is -10.2. The van der Waals surface area contributed by atoms with Crippen LogP contribution >= 0.6 is 0 Å². The Hall–Kier alpha value is -3.68. The van der Waals surface area contributed by atoms with Gasteiger partial charge in [0.05, 0.1) is 0 Å². The average molecular weight is 604 g/mol. The minimum Gasteiger partial charge on any atom is -0.454 e. The molecule has 2 aromatic carbocycles. The normalized spacial score (nSPS) is 18.9. The van der Waals surface area contributed by atoms with Crippen LogP contribution in [0.1, 0.15) is 56.2 Å². The highest BCUT2D eigenvalue weighted by Crippen LogP contribution is 2.50. The number of benzene rings is 2. The molecule has 3 amide bonds. The van der Waals surface area contributed by atoms with Crippen molar-refractivity contribution in [2.75, 3.05) is 25.2 Å². The lowest BCUT2D eigenvalue weighted by molar-refractivity contribution is -0.376. The zero-order valence-corrected chi connectivity index (χ0v) is 22.9. The quantitative estimate of drug-likeness (QED) is 0.172. The van der Waals surface area contributed by atoms with Gasteiger partial charge in [0, 0.05) is 24.3 Å². The topological polar surface area (TPSA) is 100 Å². The number of hydrogen-bond donors (Lipinski definition) is 3. The van der Waals surface area contributed by atoms with Gasteiger partial charge >= 0.3 is 18.4 Å². The van der Waals surface area contributed by atoms with E-state index in [2.05, 4.69) is 10.6 Å². The lowest BCUT2D eigenvalue weighted by Crippen LogP contribution is -2.54. The number of rotatable bonds is 11. The van der Waals surface area contributed by atoms with Crippen LogP contribution in [0.2, 0.25) is 0 Å². The summed E-state index contributed by atoms with van der Waals surface area (Å²) >= 11 is 0. The second-order valence-corrected chi connectivity index (χ2v) is 10.2. The van der Waals surface area contributed by atoms with E-state index in [1.165, 1.54) is 0 Å². The van der Waals surface area contributed by atoms with Crippen LogP contribution in [-0.2, 0) is 22.4 Å². The highest BCUT2D eigenvalue weighted by atomic mass is 19.4. The molecule has 230 valence electrons. The Morgan fingerprint density at radius 2 is 1.67 bits per heavy atom. The molecule has 1 fully saturated rings. The molecule has 1 saturated heterocycles. The van der Waals surface area contributed by atoms with E-state index in [9.17, 15) is 41.0 Å². The van der Waals surface area contributed by atoms with E-state index < -0.39 is 41.0 Å². The van der Waals surface area contributed by atoms with Crippen molar-refractivity contribution in [1.82, 2.24) is 10.2 Å². The van der Waals surface area contributed by atoms with Crippen LogP contribution in [0.5, 0.6) is 11.5 Å². The maximum Gasteiger partial charge on any atom is 0.430 e. The van der Waals surface area contributed by atoms with Crippen molar-refractivity contribution < 1.29 is 50.5 Å². The van der Waals surface area contributed by atoms with Crippen LogP contribution in [0.3, 0.4) is 0 Å². The van der Waals surface area contributed by atoms with E-state index >= 15 is 0 Å². The van der Waals surface area contributed by atoms with Gasteiger partial charge < -0.3 is 25.2 Å². The molecule has 0 saturated carbocycles. The number of halogens is 6. The summed E-state index contributed by atoms with van der Waals surface area (Å²) in [5.41, 5.74) is -6.49. The largest absolute Gasteiger partial charge is 0.454 e. The van der Waals surface area contributed by atoms with E-state index in [4.69, 9.17) is 9.47 Å². The van der Waals surface area contributed by atoms with Crippen molar-refractivity contribution in [2.45, 2.75) is 69.4 Å². The summed E-state index contributed by atoms with van der Waals surface area (Å²) in [5.74, 6) is 0.604. The summed E-state index contributed by atoms with van der Waals surface area (Å²) in [6, 6.07) is 6.91. The Balaban J connectivity index is 1.39. The van der Waals surface area contributed by atoms with Crippen molar-refractivity contribution in [3.05, 3.63) is 53.1 Å². The number of anilines is 1. The predicted molar refractivity (Wildman–Crippen MR) is 139 cm³/mol. The van der Waals surface area contributed by atoms with E-state index in [1.54, 1.807) is 32.0 Å². The van der Waals surface area contributed by atoms with E-state index in [0.717, 1.165) is 17.0 Å². The van der Waals surface area contributed by atoms with Crippen molar-refractivity contribution >= 4 is 17.6 Å². The average Bonchev–Trinajstić information content (AvgIpc) is 3.49. The summed E-state index contributed by atoms with van der Waals surface area (Å²) in [7, 11) is 0. The molecule has 0 spiro atoms. The van der Waals surface area contributed by atoms with E-state index in [-0.39, 0.29) is 31.9 Å². The standard InChI is InChI=1S/C28H31F6N3O5/c1-3-7-17-14-19(26(40,27(29,30)31)28(32,33)34)8-10-20(17)35-12-5-6-13-37-23(38)25(4-2,36-24(37)39)18-9-11-21-22(15-18)42-16-41-21/h8-11,14-15,35,40H,3-7,12-13,16H2,1-2H3,(H,36,39). The minimum absolute atomic E-state index is 0.0613. The number of nitrogens with zero attached hydrogens (tertiary/aromatic N) is 1. The molecule has 0 aliphatic carbocycles. The minimum atomic E-state index is -5.97. The maximum absolute atomic E-state index is 13.4. The molecule has 2 heterocycles. The molecular formula is C28H31F6N3O5. The molecule has 42 heavy (non-hydrogen) atoms. The smallest absolute Gasteiger partial charge is 0.430 e. The highest BCUT2D eigenvalue weighted by molar-refractivity contribution is 6.07. The molecule has 0 aromatic heterocycles. The second kappa shape index (κ2) is 11.5. The van der Waals surface area contributed by atoms with Crippen molar-refractivity contribution in [1.29, 1.82) is 0 Å². The Labute approximate surface area is 238 Å². The van der Waals surface area contributed by atoms with Gasteiger partial charge in [0.1, 0.15) is 5.54 Å². The van der Waals surface area contributed by atoms with Crippen molar-refractivity contribution in [3.8, 4) is 11.5 Å². The van der Waals surface area contributed by atoms with Crippen LogP contribution in [-0.4, -0.2) is 54.2 Å². The molecule has 2 aromatic rings. The number of urea groups is 1. The fourth-order valence-electron chi connectivity index (χ4n) is 5.20. The first-order valence-corrected chi connectivity index (χ1v) is 13.5. The van der Waals surface area contributed by atoms with Gasteiger partial charge in [0.2, 0.25) is 6.79 Å². The summed E-state index contributed by atoms with van der Waals surface area (Å²) in [4.78, 5) is 27.3. The molecule has 1 atom stereocenters. The number of imide groups is 1. The molecule has 2 aliphatic heterocycles. The number of amides is 3. The van der Waals surface area contributed by atoms with Gasteiger partial charge in [-0.25, -0.2) is 4.79 Å². The summed E-state index contributed by atoms with van der Waals surface area (Å²) in [5, 5.41) is 15.6. The van der Waals surface area contributed by atoms with E-state index in [0.29, 0.717) is 54.5 Å². The molecule has 0 radical (unpaired) electrons. The van der Waals surface area contributed by atoms with Gasteiger partial charge in [0.25, 0.3) is 11.5 Å². The van der Waals surface area contributed by atoms with Gasteiger partial charge in [-0.3, -0.25) is 9.69 Å². The fraction of sp³-hybridized carbons (Fsp3) is 0.500. The molecule has 0 bridgehead atoms. The second-order valence-electron chi connectivity index (χ2n) is 10.2. The van der Waals surface area contributed by atoms with Crippen LogP contribution in [0.4, 0.5) is 36.8 Å². The number of alkyl halides is 6. The number of ether oxygens (including phenoxy) is 2. The SMILES string of the molecule is CCCc1cc(C(O)(C(F)(F)F)C(F)(F)F)ccc1NCCCCN1C(=O)NC(CC)(c2ccc3c(c2)OCO3)C1=O. The lowest BCUT2D eigenvalue weighted by atomic mass is 9.87. The number of carbonyl (C=O) groups excluding carboxylic acids is 2. The number of nitrogens with one attached hydrogen (secondary N) is 2. The van der Waals surface area contributed by atoms with Gasteiger partial charge in [-0.05, 0) is 55.0 Å². The lowest BCUT2D eigenvalue weighted by Gasteiger charge is -2.33. The third kappa shape index (κ3) is 5.43. The third-order valence-electron chi connectivity index (χ3n) is 7.56. The molecule has 14 heteroatoms. The number of aryl methyl sites for hydroxylation is 1. The van der Waals surface area contributed by atoms with Gasteiger partial charge in [-0.2, -0.15) is 26.3 Å². The highest BCUT2D eigenvalue weighted by Gasteiger charge is 2.71. The number of hydrogen-bond acceptors (Lipinski definition) is 6. The Morgan fingerprint density at radius 3 is 2.31 bits per heavy atom. The molecule has 3 N–H and O–H groups in total.